The van der Waals surface area contributed by atoms with E-state index in [0.717, 1.165) is 10.5 Å². The number of thioether (sulfide) groups is 1. The van der Waals surface area contributed by atoms with Crippen molar-refractivity contribution in [1.82, 2.24) is 10.1 Å². The first kappa shape index (κ1) is 11.2. The zero-order valence-electron chi connectivity index (χ0n) is 9.01. The topological polar surface area (TPSA) is 64.9 Å². The number of rotatable bonds is 4. The second kappa shape index (κ2) is 5.14. The molecular weight excluding hydrogens is 222 g/mol. The second-order valence-electron chi connectivity index (χ2n) is 3.25. The van der Waals surface area contributed by atoms with Crippen molar-refractivity contribution >= 4 is 11.8 Å². The molecule has 0 saturated heterocycles. The maximum atomic E-state index is 5.44. The Bertz CT molecular complexity index is 470. The van der Waals surface area contributed by atoms with Crippen molar-refractivity contribution in [1.29, 1.82) is 0 Å². The molecule has 2 aromatic rings. The summed E-state index contributed by atoms with van der Waals surface area (Å²) in [5.74, 6) is 1.22. The third kappa shape index (κ3) is 2.25. The molecule has 16 heavy (non-hydrogen) atoms. The molecule has 84 valence electrons. The van der Waals surface area contributed by atoms with Crippen LogP contribution in [-0.4, -0.2) is 22.9 Å². The van der Waals surface area contributed by atoms with Crippen molar-refractivity contribution in [2.24, 2.45) is 5.73 Å². The monoisotopic (exact) mass is 235 g/mol. The molecule has 1 heterocycles. The van der Waals surface area contributed by atoms with Gasteiger partial charge >= 0.3 is 0 Å². The number of nitrogens with two attached hydrogens (primary N) is 1. The van der Waals surface area contributed by atoms with E-state index >= 15 is 0 Å². The van der Waals surface area contributed by atoms with Crippen LogP contribution in [0.2, 0.25) is 0 Å². The molecule has 0 unspecified atom stereocenters. The summed E-state index contributed by atoms with van der Waals surface area (Å²) >= 11 is 1.66. The maximum absolute atomic E-state index is 5.44. The highest BCUT2D eigenvalue weighted by Crippen LogP contribution is 2.28. The predicted molar refractivity (Wildman–Crippen MR) is 64.3 cm³/mol. The summed E-state index contributed by atoms with van der Waals surface area (Å²) in [6.07, 6.45) is 2.67. The molecule has 0 spiro atoms. The SMILES string of the molecule is CSc1ccccc1-c1nc(CCN)no1. The molecule has 0 fully saturated rings. The fraction of sp³-hybridized carbons (Fsp3) is 0.273. The van der Waals surface area contributed by atoms with Gasteiger partial charge in [0.15, 0.2) is 5.82 Å². The standard InChI is InChI=1S/C11H13N3OS/c1-16-9-5-3-2-4-8(9)11-13-10(6-7-12)14-15-11/h2-5H,6-7,12H2,1H3. The van der Waals surface area contributed by atoms with Crippen LogP contribution in [0.25, 0.3) is 11.5 Å². The van der Waals surface area contributed by atoms with Crippen LogP contribution in [0.3, 0.4) is 0 Å². The van der Waals surface area contributed by atoms with Crippen molar-refractivity contribution in [3.63, 3.8) is 0 Å². The molecule has 1 aromatic carbocycles. The highest BCUT2D eigenvalue weighted by atomic mass is 32.2. The number of aromatic nitrogens is 2. The van der Waals surface area contributed by atoms with Gasteiger partial charge in [-0.3, -0.25) is 0 Å². The van der Waals surface area contributed by atoms with E-state index in [-0.39, 0.29) is 0 Å². The zero-order valence-corrected chi connectivity index (χ0v) is 9.83. The third-order valence-corrected chi connectivity index (χ3v) is 2.97. The van der Waals surface area contributed by atoms with Gasteiger partial charge < -0.3 is 10.3 Å². The number of nitrogens with zero attached hydrogens (tertiary/aromatic N) is 2. The normalized spacial score (nSPS) is 10.6. The van der Waals surface area contributed by atoms with Crippen LogP contribution in [0.15, 0.2) is 33.7 Å². The first-order valence-corrected chi connectivity index (χ1v) is 6.23. The van der Waals surface area contributed by atoms with Crippen molar-refractivity contribution in [2.75, 3.05) is 12.8 Å². The molecule has 0 aliphatic heterocycles. The second-order valence-corrected chi connectivity index (χ2v) is 4.10. The fourth-order valence-corrected chi connectivity index (χ4v) is 2.01. The van der Waals surface area contributed by atoms with Crippen molar-refractivity contribution < 1.29 is 4.52 Å². The van der Waals surface area contributed by atoms with Crippen LogP contribution in [0.4, 0.5) is 0 Å². The number of benzene rings is 1. The summed E-state index contributed by atoms with van der Waals surface area (Å²) in [6.45, 7) is 0.531. The van der Waals surface area contributed by atoms with Crippen LogP contribution in [0, 0.1) is 0 Å². The Labute approximate surface area is 98.2 Å². The van der Waals surface area contributed by atoms with E-state index in [1.165, 1.54) is 0 Å². The molecule has 0 aliphatic carbocycles. The quantitative estimate of drug-likeness (QED) is 0.821. The van der Waals surface area contributed by atoms with Crippen LogP contribution in [-0.2, 0) is 6.42 Å². The predicted octanol–water partition coefficient (Wildman–Crippen LogP) is 1.96. The number of hydrogen-bond acceptors (Lipinski definition) is 5. The third-order valence-electron chi connectivity index (χ3n) is 2.17. The van der Waals surface area contributed by atoms with Gasteiger partial charge in [-0.25, -0.2) is 0 Å². The van der Waals surface area contributed by atoms with Crippen LogP contribution in [0.5, 0.6) is 0 Å². The first-order chi connectivity index (χ1) is 7.85. The maximum Gasteiger partial charge on any atom is 0.259 e. The van der Waals surface area contributed by atoms with E-state index in [9.17, 15) is 0 Å². The Morgan fingerprint density at radius 3 is 2.94 bits per heavy atom. The van der Waals surface area contributed by atoms with E-state index in [2.05, 4.69) is 10.1 Å². The zero-order chi connectivity index (χ0) is 11.4. The minimum atomic E-state index is 0.531. The van der Waals surface area contributed by atoms with E-state index in [0.29, 0.717) is 24.7 Å². The molecule has 0 amide bonds. The van der Waals surface area contributed by atoms with Crippen molar-refractivity contribution in [2.45, 2.75) is 11.3 Å². The van der Waals surface area contributed by atoms with Gasteiger partial charge in [-0.1, -0.05) is 17.3 Å². The van der Waals surface area contributed by atoms with Crippen molar-refractivity contribution in [3.8, 4) is 11.5 Å². The molecule has 2 rings (SSSR count). The van der Waals surface area contributed by atoms with E-state index in [1.54, 1.807) is 11.8 Å². The average molecular weight is 235 g/mol. The van der Waals surface area contributed by atoms with Gasteiger partial charge in [-0.2, -0.15) is 4.98 Å². The minimum absolute atomic E-state index is 0.531. The Balaban J connectivity index is 2.34. The van der Waals surface area contributed by atoms with Gasteiger partial charge in [0, 0.05) is 11.3 Å². The lowest BCUT2D eigenvalue weighted by Crippen LogP contribution is -2.03. The average Bonchev–Trinajstić information content (AvgIpc) is 2.78. The fourth-order valence-electron chi connectivity index (χ4n) is 1.42. The summed E-state index contributed by atoms with van der Waals surface area (Å²) < 4.78 is 5.22. The lowest BCUT2D eigenvalue weighted by Gasteiger charge is -2.00. The summed E-state index contributed by atoms with van der Waals surface area (Å²) in [6, 6.07) is 7.97. The smallest absolute Gasteiger partial charge is 0.259 e. The molecule has 0 saturated carbocycles. The molecule has 2 N–H and O–H groups in total. The Morgan fingerprint density at radius 1 is 1.38 bits per heavy atom. The number of hydrogen-bond donors (Lipinski definition) is 1. The molecule has 0 atom stereocenters. The van der Waals surface area contributed by atoms with Gasteiger partial charge in [0.1, 0.15) is 0 Å². The van der Waals surface area contributed by atoms with E-state index in [4.69, 9.17) is 10.3 Å². The first-order valence-electron chi connectivity index (χ1n) is 5.01. The Morgan fingerprint density at radius 2 is 2.19 bits per heavy atom. The van der Waals surface area contributed by atoms with E-state index < -0.39 is 0 Å². The van der Waals surface area contributed by atoms with Crippen molar-refractivity contribution in [3.05, 3.63) is 30.1 Å². The lowest BCUT2D eigenvalue weighted by atomic mass is 10.2. The van der Waals surface area contributed by atoms with Gasteiger partial charge in [-0.05, 0) is 24.9 Å². The molecule has 1 aromatic heterocycles. The van der Waals surface area contributed by atoms with E-state index in [1.807, 2.05) is 30.5 Å². The molecule has 4 nitrogen and oxygen atoms in total. The largest absolute Gasteiger partial charge is 0.334 e. The Kier molecular flexibility index (Phi) is 3.58. The molecule has 5 heteroatoms. The summed E-state index contributed by atoms with van der Waals surface area (Å²) in [5, 5.41) is 3.88. The highest BCUT2D eigenvalue weighted by molar-refractivity contribution is 7.98. The van der Waals surface area contributed by atoms with Gasteiger partial charge in [-0.15, -0.1) is 11.8 Å². The van der Waals surface area contributed by atoms with Gasteiger partial charge in [0.25, 0.3) is 5.89 Å². The highest BCUT2D eigenvalue weighted by Gasteiger charge is 2.11. The van der Waals surface area contributed by atoms with Gasteiger partial charge in [0.2, 0.25) is 0 Å². The molecule has 0 bridgehead atoms. The van der Waals surface area contributed by atoms with Crippen LogP contribution >= 0.6 is 11.8 Å². The lowest BCUT2D eigenvalue weighted by molar-refractivity contribution is 0.422. The van der Waals surface area contributed by atoms with Gasteiger partial charge in [0.05, 0.1) is 5.56 Å². The Hall–Kier alpha value is -1.33. The summed E-state index contributed by atoms with van der Waals surface area (Å²) in [4.78, 5) is 5.44. The summed E-state index contributed by atoms with van der Waals surface area (Å²) in [7, 11) is 0. The minimum Gasteiger partial charge on any atom is -0.334 e. The van der Waals surface area contributed by atoms with Crippen LogP contribution in [0.1, 0.15) is 5.82 Å². The molecule has 0 aliphatic rings. The molecule has 0 radical (unpaired) electrons. The van der Waals surface area contributed by atoms with Crippen LogP contribution < -0.4 is 5.73 Å². The molecular formula is C11H13N3OS. The summed E-state index contributed by atoms with van der Waals surface area (Å²) in [5.41, 5.74) is 6.42.